The number of benzene rings is 1. The molecule has 0 radical (unpaired) electrons. The predicted octanol–water partition coefficient (Wildman–Crippen LogP) is 1.95. The maximum atomic E-state index is 13.2. The third-order valence-electron chi connectivity index (χ3n) is 2.17. The molecule has 0 amide bonds. The quantitative estimate of drug-likeness (QED) is 0.864. The van der Waals surface area contributed by atoms with Crippen molar-refractivity contribution in [1.29, 1.82) is 0 Å². The summed E-state index contributed by atoms with van der Waals surface area (Å²) >= 11 is 0. The fraction of sp³-hybridized carbons (Fsp3) is 0.455. The third-order valence-corrected chi connectivity index (χ3v) is 3.47. The molecule has 0 aliphatic rings. The summed E-state index contributed by atoms with van der Waals surface area (Å²) in [6.07, 6.45) is 0.586. The van der Waals surface area contributed by atoms with Crippen molar-refractivity contribution < 1.29 is 13.0 Å². The highest BCUT2D eigenvalue weighted by molar-refractivity contribution is 7.84. The largest absolute Gasteiger partial charge is 0.328 e. The highest BCUT2D eigenvalue weighted by Gasteiger charge is 2.12. The number of nitrogens with two attached hydrogens (primary N) is 1. The minimum absolute atomic E-state index is 0.0468. The Bertz CT molecular complexity index is 362. The second kappa shape index (κ2) is 6.06. The van der Waals surface area contributed by atoms with Gasteiger partial charge in [0.1, 0.15) is 11.6 Å². The van der Waals surface area contributed by atoms with Gasteiger partial charge in [0.05, 0.1) is 5.75 Å². The predicted molar refractivity (Wildman–Crippen MR) is 61.3 cm³/mol. The SMILES string of the molecule is CC(N)CCS(=O)Cc1c(F)cccc1F. The lowest BCUT2D eigenvalue weighted by Crippen LogP contribution is -2.18. The Balaban J connectivity index is 2.63. The molecule has 1 aromatic carbocycles. The molecule has 2 unspecified atom stereocenters. The fourth-order valence-electron chi connectivity index (χ4n) is 1.22. The summed E-state index contributed by atoms with van der Waals surface area (Å²) in [5.41, 5.74) is 5.41. The van der Waals surface area contributed by atoms with E-state index >= 15 is 0 Å². The van der Waals surface area contributed by atoms with E-state index in [0.717, 1.165) is 0 Å². The summed E-state index contributed by atoms with van der Waals surface area (Å²) in [5, 5.41) is 0. The normalized spacial score (nSPS) is 14.8. The lowest BCUT2D eigenvalue weighted by molar-refractivity contribution is 0.564. The van der Waals surface area contributed by atoms with Gasteiger partial charge in [-0.25, -0.2) is 8.78 Å². The molecular weight excluding hydrogens is 232 g/mol. The van der Waals surface area contributed by atoms with E-state index in [2.05, 4.69) is 0 Å². The highest BCUT2D eigenvalue weighted by Crippen LogP contribution is 2.14. The van der Waals surface area contributed by atoms with Crippen LogP contribution < -0.4 is 5.73 Å². The molecule has 2 nitrogen and oxygen atoms in total. The first-order chi connectivity index (χ1) is 7.50. The van der Waals surface area contributed by atoms with E-state index in [1.165, 1.54) is 18.2 Å². The van der Waals surface area contributed by atoms with Gasteiger partial charge in [0.15, 0.2) is 0 Å². The van der Waals surface area contributed by atoms with Crippen molar-refractivity contribution in [3.8, 4) is 0 Å². The standard InChI is InChI=1S/C11H15F2NOS/c1-8(14)5-6-16(15)7-9-10(12)3-2-4-11(9)13/h2-4,8H,5-7,14H2,1H3. The van der Waals surface area contributed by atoms with Gasteiger partial charge in [0, 0.05) is 28.2 Å². The Morgan fingerprint density at radius 3 is 2.44 bits per heavy atom. The van der Waals surface area contributed by atoms with E-state index in [4.69, 9.17) is 5.73 Å². The summed E-state index contributed by atoms with van der Waals surface area (Å²) in [4.78, 5) is 0. The summed E-state index contributed by atoms with van der Waals surface area (Å²) in [5.74, 6) is -1.01. The summed E-state index contributed by atoms with van der Waals surface area (Å²) in [6.45, 7) is 1.81. The van der Waals surface area contributed by atoms with Crippen LogP contribution >= 0.6 is 0 Å². The molecule has 0 fully saturated rings. The number of hydrogen-bond donors (Lipinski definition) is 1. The molecule has 0 spiro atoms. The van der Waals surface area contributed by atoms with E-state index < -0.39 is 22.4 Å². The average Bonchev–Trinajstić information content (AvgIpc) is 2.21. The zero-order valence-electron chi connectivity index (χ0n) is 9.08. The molecule has 0 aromatic heterocycles. The Morgan fingerprint density at radius 2 is 1.94 bits per heavy atom. The van der Waals surface area contributed by atoms with Gasteiger partial charge in [-0.05, 0) is 25.5 Å². The van der Waals surface area contributed by atoms with E-state index in [-0.39, 0.29) is 17.4 Å². The Morgan fingerprint density at radius 1 is 1.38 bits per heavy atom. The smallest absolute Gasteiger partial charge is 0.130 e. The molecular formula is C11H15F2NOS. The Kier molecular flexibility index (Phi) is 5.02. The molecule has 0 aliphatic heterocycles. The van der Waals surface area contributed by atoms with Gasteiger partial charge in [0.25, 0.3) is 0 Å². The van der Waals surface area contributed by atoms with Gasteiger partial charge in [0.2, 0.25) is 0 Å². The van der Waals surface area contributed by atoms with Gasteiger partial charge < -0.3 is 5.73 Å². The fourth-order valence-corrected chi connectivity index (χ4v) is 2.60. The second-order valence-corrected chi connectivity index (χ2v) is 5.33. The molecule has 0 heterocycles. The highest BCUT2D eigenvalue weighted by atomic mass is 32.2. The van der Waals surface area contributed by atoms with Crippen molar-refractivity contribution >= 4 is 10.8 Å². The molecule has 0 aliphatic carbocycles. The van der Waals surface area contributed by atoms with Gasteiger partial charge in [-0.3, -0.25) is 4.21 Å². The van der Waals surface area contributed by atoms with E-state index in [9.17, 15) is 13.0 Å². The van der Waals surface area contributed by atoms with Crippen LogP contribution in [0.15, 0.2) is 18.2 Å². The van der Waals surface area contributed by atoms with Crippen molar-refractivity contribution in [2.75, 3.05) is 5.75 Å². The second-order valence-electron chi connectivity index (χ2n) is 3.75. The van der Waals surface area contributed by atoms with Crippen LogP contribution in [-0.2, 0) is 16.6 Å². The maximum Gasteiger partial charge on any atom is 0.130 e. The summed E-state index contributed by atoms with van der Waals surface area (Å²) in [7, 11) is -1.27. The van der Waals surface area contributed by atoms with Crippen LogP contribution in [-0.4, -0.2) is 16.0 Å². The van der Waals surface area contributed by atoms with Crippen LogP contribution in [0.2, 0.25) is 0 Å². The molecule has 90 valence electrons. The van der Waals surface area contributed by atoms with Crippen LogP contribution in [0.1, 0.15) is 18.9 Å². The van der Waals surface area contributed by atoms with Gasteiger partial charge >= 0.3 is 0 Å². The number of halogens is 2. The molecule has 16 heavy (non-hydrogen) atoms. The zero-order valence-corrected chi connectivity index (χ0v) is 9.90. The average molecular weight is 247 g/mol. The van der Waals surface area contributed by atoms with E-state index in [1.54, 1.807) is 6.92 Å². The van der Waals surface area contributed by atoms with E-state index in [1.807, 2.05) is 0 Å². The summed E-state index contributed by atoms with van der Waals surface area (Å²) < 4.78 is 38.0. The lowest BCUT2D eigenvalue weighted by Gasteiger charge is -2.06. The zero-order chi connectivity index (χ0) is 12.1. The minimum atomic E-state index is -1.27. The van der Waals surface area contributed by atoms with Crippen LogP contribution in [0.5, 0.6) is 0 Å². The first-order valence-corrected chi connectivity index (χ1v) is 6.53. The van der Waals surface area contributed by atoms with Crippen LogP contribution in [0, 0.1) is 11.6 Å². The van der Waals surface area contributed by atoms with Crippen molar-refractivity contribution in [1.82, 2.24) is 0 Å². The Hall–Kier alpha value is -0.810. The molecule has 1 rings (SSSR count). The summed E-state index contributed by atoms with van der Waals surface area (Å²) in [6, 6.07) is 3.58. The van der Waals surface area contributed by atoms with Gasteiger partial charge in [-0.2, -0.15) is 0 Å². The van der Waals surface area contributed by atoms with Crippen molar-refractivity contribution in [3.63, 3.8) is 0 Å². The van der Waals surface area contributed by atoms with Gasteiger partial charge in [-0.1, -0.05) is 6.07 Å². The number of rotatable bonds is 5. The maximum absolute atomic E-state index is 13.2. The third kappa shape index (κ3) is 3.98. The van der Waals surface area contributed by atoms with Gasteiger partial charge in [-0.15, -0.1) is 0 Å². The van der Waals surface area contributed by atoms with Crippen molar-refractivity contribution in [3.05, 3.63) is 35.4 Å². The first kappa shape index (κ1) is 13.3. The van der Waals surface area contributed by atoms with Crippen LogP contribution in [0.3, 0.4) is 0 Å². The monoisotopic (exact) mass is 247 g/mol. The lowest BCUT2D eigenvalue weighted by atomic mass is 10.2. The molecule has 0 saturated carbocycles. The molecule has 2 N–H and O–H groups in total. The van der Waals surface area contributed by atoms with E-state index in [0.29, 0.717) is 12.2 Å². The minimum Gasteiger partial charge on any atom is -0.328 e. The molecule has 1 aromatic rings. The van der Waals surface area contributed by atoms with Crippen LogP contribution in [0.25, 0.3) is 0 Å². The van der Waals surface area contributed by atoms with Crippen molar-refractivity contribution in [2.24, 2.45) is 5.73 Å². The Labute approximate surface area is 96.3 Å². The molecule has 0 saturated heterocycles. The molecule has 2 atom stereocenters. The molecule has 5 heteroatoms. The van der Waals surface area contributed by atoms with Crippen LogP contribution in [0.4, 0.5) is 8.78 Å². The van der Waals surface area contributed by atoms with Crippen molar-refractivity contribution in [2.45, 2.75) is 25.1 Å². The first-order valence-electron chi connectivity index (χ1n) is 5.04. The number of hydrogen-bond acceptors (Lipinski definition) is 2. The molecule has 0 bridgehead atoms. The topological polar surface area (TPSA) is 43.1 Å².